The molecule has 0 unspecified atom stereocenters. The molecule has 1 aliphatic heterocycles. The zero-order valence-corrected chi connectivity index (χ0v) is 16.2. The third-order valence-electron chi connectivity index (χ3n) is 4.73. The van der Waals surface area contributed by atoms with Crippen LogP contribution in [0.2, 0.25) is 0 Å². The number of hydrogen-bond donors (Lipinski definition) is 2. The number of nitrogens with zero attached hydrogens (tertiary/aromatic N) is 1. The number of amides is 2. The molecule has 0 saturated carbocycles. The van der Waals surface area contributed by atoms with Crippen LogP contribution in [0.15, 0.2) is 48.5 Å². The normalized spacial score (nSPS) is 13.2. The third-order valence-corrected chi connectivity index (χ3v) is 4.73. The Morgan fingerprint density at radius 3 is 2.29 bits per heavy atom. The molecule has 1 aliphatic rings. The number of anilines is 1. The van der Waals surface area contributed by atoms with E-state index in [-0.39, 0.29) is 18.4 Å². The van der Waals surface area contributed by atoms with Crippen LogP contribution >= 0.6 is 0 Å². The maximum atomic E-state index is 12.1. The van der Waals surface area contributed by atoms with Gasteiger partial charge in [0, 0.05) is 30.9 Å². The molecule has 0 aliphatic carbocycles. The van der Waals surface area contributed by atoms with Crippen molar-refractivity contribution in [1.29, 1.82) is 0 Å². The fraction of sp³-hybridized carbons (Fsp3) is 0.364. The van der Waals surface area contributed by atoms with Crippen LogP contribution < -0.4 is 20.3 Å². The van der Waals surface area contributed by atoms with Gasteiger partial charge in [-0.1, -0.05) is 12.1 Å². The minimum Gasteiger partial charge on any atom is -0.494 e. The Kier molecular flexibility index (Phi) is 6.89. The lowest BCUT2D eigenvalue weighted by Gasteiger charge is -2.17. The van der Waals surface area contributed by atoms with Gasteiger partial charge in [-0.05, 0) is 61.7 Å². The molecule has 2 N–H and O–H groups in total. The van der Waals surface area contributed by atoms with Gasteiger partial charge in [-0.15, -0.1) is 0 Å². The van der Waals surface area contributed by atoms with E-state index in [0.29, 0.717) is 24.5 Å². The maximum Gasteiger partial charge on any atom is 0.251 e. The van der Waals surface area contributed by atoms with E-state index in [4.69, 9.17) is 4.74 Å². The molecule has 0 bridgehead atoms. The minimum absolute atomic E-state index is 0.0576. The Bertz CT molecular complexity index is 782. The fourth-order valence-corrected chi connectivity index (χ4v) is 3.19. The molecule has 148 valence electrons. The molecule has 3 rings (SSSR count). The van der Waals surface area contributed by atoms with Crippen molar-refractivity contribution >= 4 is 17.5 Å². The van der Waals surface area contributed by atoms with Crippen molar-refractivity contribution in [3.63, 3.8) is 0 Å². The van der Waals surface area contributed by atoms with Gasteiger partial charge >= 0.3 is 0 Å². The summed E-state index contributed by atoms with van der Waals surface area (Å²) in [6.07, 6.45) is 2.50. The molecule has 0 radical (unpaired) electrons. The molecule has 0 aromatic heterocycles. The molecular weight excluding hydrogens is 354 g/mol. The first-order valence-electron chi connectivity index (χ1n) is 9.77. The van der Waals surface area contributed by atoms with Crippen LogP contribution in [-0.4, -0.2) is 38.1 Å². The number of hydrogen-bond acceptors (Lipinski definition) is 4. The highest BCUT2D eigenvalue weighted by Crippen LogP contribution is 2.20. The van der Waals surface area contributed by atoms with E-state index in [1.807, 2.05) is 19.1 Å². The maximum absolute atomic E-state index is 12.1. The third kappa shape index (κ3) is 5.49. The van der Waals surface area contributed by atoms with Gasteiger partial charge in [-0.25, -0.2) is 0 Å². The average molecular weight is 381 g/mol. The summed E-state index contributed by atoms with van der Waals surface area (Å²) in [7, 11) is 0. The largest absolute Gasteiger partial charge is 0.494 e. The molecule has 1 heterocycles. The number of carbonyl (C=O) groups excluding carboxylic acids is 2. The zero-order valence-electron chi connectivity index (χ0n) is 16.2. The smallest absolute Gasteiger partial charge is 0.251 e. The van der Waals surface area contributed by atoms with Crippen LogP contribution in [0, 0.1) is 0 Å². The Labute approximate surface area is 165 Å². The summed E-state index contributed by atoms with van der Waals surface area (Å²) in [6.45, 7) is 5.10. The van der Waals surface area contributed by atoms with Crippen molar-refractivity contribution < 1.29 is 14.3 Å². The first-order valence-corrected chi connectivity index (χ1v) is 9.77. The van der Waals surface area contributed by atoms with E-state index in [0.717, 1.165) is 18.7 Å². The van der Waals surface area contributed by atoms with E-state index < -0.39 is 0 Å². The summed E-state index contributed by atoms with van der Waals surface area (Å²) in [5.74, 6) is 0.212. The second-order valence-electron chi connectivity index (χ2n) is 6.78. The molecule has 6 heteroatoms. The zero-order chi connectivity index (χ0) is 19.8. The van der Waals surface area contributed by atoms with E-state index in [1.165, 1.54) is 18.5 Å². The summed E-state index contributed by atoms with van der Waals surface area (Å²) in [5, 5.41) is 5.47. The highest BCUT2D eigenvalue weighted by atomic mass is 16.5. The number of benzene rings is 2. The highest BCUT2D eigenvalue weighted by Gasteiger charge is 2.12. The van der Waals surface area contributed by atoms with E-state index in [2.05, 4.69) is 27.7 Å². The van der Waals surface area contributed by atoms with E-state index in [1.54, 1.807) is 24.3 Å². The molecule has 6 nitrogen and oxygen atoms in total. The SMILES string of the molecule is CCOc1ccc(C(=O)NCC(=O)NCc2ccc(N3CCCC3)cc2)cc1. The van der Waals surface area contributed by atoms with E-state index >= 15 is 0 Å². The Hall–Kier alpha value is -3.02. The van der Waals surface area contributed by atoms with Crippen molar-refractivity contribution in [3.05, 3.63) is 59.7 Å². The Balaban J connectivity index is 1.40. The van der Waals surface area contributed by atoms with Gasteiger partial charge in [0.15, 0.2) is 0 Å². The van der Waals surface area contributed by atoms with Gasteiger partial charge in [-0.2, -0.15) is 0 Å². The molecule has 28 heavy (non-hydrogen) atoms. The summed E-state index contributed by atoms with van der Waals surface area (Å²) < 4.78 is 5.35. The molecular formula is C22H27N3O3. The molecule has 2 aromatic carbocycles. The van der Waals surface area contributed by atoms with Gasteiger partial charge in [0.1, 0.15) is 5.75 Å². The number of rotatable bonds is 8. The van der Waals surface area contributed by atoms with Gasteiger partial charge < -0.3 is 20.3 Å². The number of nitrogens with one attached hydrogen (secondary N) is 2. The summed E-state index contributed by atoms with van der Waals surface area (Å²) in [6, 6.07) is 15.1. The molecule has 1 saturated heterocycles. The van der Waals surface area contributed by atoms with Crippen LogP contribution in [0.5, 0.6) is 5.75 Å². The molecule has 0 atom stereocenters. The Morgan fingerprint density at radius 2 is 1.64 bits per heavy atom. The van der Waals surface area contributed by atoms with Crippen LogP contribution in [0.25, 0.3) is 0 Å². The molecule has 1 fully saturated rings. The molecule has 0 spiro atoms. The summed E-state index contributed by atoms with van der Waals surface area (Å²) in [5.41, 5.74) is 2.76. The second kappa shape index (κ2) is 9.78. The monoisotopic (exact) mass is 381 g/mol. The van der Waals surface area contributed by atoms with Crippen molar-refractivity contribution in [2.75, 3.05) is 31.1 Å². The van der Waals surface area contributed by atoms with Crippen LogP contribution in [-0.2, 0) is 11.3 Å². The summed E-state index contributed by atoms with van der Waals surface area (Å²) >= 11 is 0. The lowest BCUT2D eigenvalue weighted by molar-refractivity contribution is -0.120. The van der Waals surface area contributed by atoms with Gasteiger partial charge in [0.25, 0.3) is 5.91 Å². The quantitative estimate of drug-likeness (QED) is 0.738. The van der Waals surface area contributed by atoms with Gasteiger partial charge in [0.05, 0.1) is 13.2 Å². The number of carbonyl (C=O) groups is 2. The predicted molar refractivity (Wildman–Crippen MR) is 110 cm³/mol. The van der Waals surface area contributed by atoms with Gasteiger partial charge in [-0.3, -0.25) is 9.59 Å². The van der Waals surface area contributed by atoms with Crippen molar-refractivity contribution in [2.45, 2.75) is 26.3 Å². The van der Waals surface area contributed by atoms with Crippen molar-refractivity contribution in [3.8, 4) is 5.75 Å². The lowest BCUT2D eigenvalue weighted by Crippen LogP contribution is -2.36. The second-order valence-corrected chi connectivity index (χ2v) is 6.78. The molecule has 2 amide bonds. The highest BCUT2D eigenvalue weighted by molar-refractivity contribution is 5.96. The van der Waals surface area contributed by atoms with Crippen LogP contribution in [0.1, 0.15) is 35.7 Å². The number of ether oxygens (including phenoxy) is 1. The average Bonchev–Trinajstić information content (AvgIpc) is 3.26. The first kappa shape index (κ1) is 19.7. The topological polar surface area (TPSA) is 70.7 Å². The first-order chi connectivity index (χ1) is 13.7. The Morgan fingerprint density at radius 1 is 0.964 bits per heavy atom. The predicted octanol–water partition coefficient (Wildman–Crippen LogP) is 2.73. The van der Waals surface area contributed by atoms with Crippen molar-refractivity contribution in [1.82, 2.24) is 10.6 Å². The van der Waals surface area contributed by atoms with Crippen molar-refractivity contribution in [2.24, 2.45) is 0 Å². The van der Waals surface area contributed by atoms with Crippen LogP contribution in [0.4, 0.5) is 5.69 Å². The standard InChI is InChI=1S/C22H27N3O3/c1-2-28-20-11-7-18(8-12-20)22(27)24-16-21(26)23-15-17-5-9-19(10-6-17)25-13-3-4-14-25/h5-12H,2-4,13-16H2,1H3,(H,23,26)(H,24,27). The lowest BCUT2D eigenvalue weighted by atomic mass is 10.2. The van der Waals surface area contributed by atoms with Gasteiger partial charge in [0.2, 0.25) is 5.91 Å². The van der Waals surface area contributed by atoms with E-state index in [9.17, 15) is 9.59 Å². The summed E-state index contributed by atoms with van der Waals surface area (Å²) in [4.78, 5) is 26.5. The molecule has 2 aromatic rings. The fourth-order valence-electron chi connectivity index (χ4n) is 3.19. The van der Waals surface area contributed by atoms with Crippen LogP contribution in [0.3, 0.4) is 0 Å². The minimum atomic E-state index is -0.284.